The number of thioether (sulfide) groups is 1. The maximum Gasteiger partial charge on any atom is 0.315 e. The number of aryl methyl sites for hydroxylation is 1. The molecule has 0 aromatic heterocycles. The summed E-state index contributed by atoms with van der Waals surface area (Å²) in [6, 6.07) is 12.1. The van der Waals surface area contributed by atoms with Crippen molar-refractivity contribution in [2.24, 2.45) is 11.7 Å². The molecule has 0 bridgehead atoms. The van der Waals surface area contributed by atoms with Crippen LogP contribution in [0.1, 0.15) is 82.3 Å². The lowest BCUT2D eigenvalue weighted by Gasteiger charge is -2.24. The molecule has 2 fully saturated rings. The fraction of sp³-hybridized carbons (Fsp3) is 0.533. The average Bonchev–Trinajstić information content (AvgIpc) is 3.87. The predicted octanol–water partition coefficient (Wildman–Crippen LogP) is -0.326. The average molecular weight is 953 g/mol. The van der Waals surface area contributed by atoms with E-state index >= 15 is 0 Å². The third kappa shape index (κ3) is 19.1. The zero-order chi connectivity index (χ0) is 48.7. The van der Waals surface area contributed by atoms with E-state index in [1.807, 2.05) is 42.1 Å². The van der Waals surface area contributed by atoms with Crippen LogP contribution in [0.15, 0.2) is 54.6 Å². The van der Waals surface area contributed by atoms with Gasteiger partial charge in [0.15, 0.2) is 0 Å². The van der Waals surface area contributed by atoms with Gasteiger partial charge in [0.2, 0.25) is 47.3 Å². The second kappa shape index (κ2) is 27.9. The zero-order valence-electron chi connectivity index (χ0n) is 37.6. The molecule has 2 heterocycles. The van der Waals surface area contributed by atoms with E-state index in [4.69, 9.17) is 10.9 Å². The van der Waals surface area contributed by atoms with E-state index in [1.54, 1.807) is 17.6 Å². The second-order valence-corrected chi connectivity index (χ2v) is 18.0. The van der Waals surface area contributed by atoms with Gasteiger partial charge in [0.05, 0.1) is 25.2 Å². The van der Waals surface area contributed by atoms with Crippen molar-refractivity contribution in [3.8, 4) is 5.75 Å². The van der Waals surface area contributed by atoms with Crippen LogP contribution in [0, 0.1) is 5.92 Å². The van der Waals surface area contributed by atoms with Crippen molar-refractivity contribution in [1.29, 1.82) is 0 Å². The summed E-state index contributed by atoms with van der Waals surface area (Å²) in [6.07, 6.45) is 5.06. The molecule has 13 N–H and O–H groups in total. The van der Waals surface area contributed by atoms with E-state index in [0.717, 1.165) is 30.6 Å². The molecule has 67 heavy (non-hydrogen) atoms. The zero-order valence-corrected chi connectivity index (χ0v) is 38.4. The number of hydrogen-bond acceptors (Lipinski definition) is 12. The molecular weight excluding hydrogens is 889 g/mol. The summed E-state index contributed by atoms with van der Waals surface area (Å²) in [7, 11) is 0. The molecule has 0 aliphatic carbocycles. The fourth-order valence-electron chi connectivity index (χ4n) is 7.70. The first-order chi connectivity index (χ1) is 32.1. The Balaban J connectivity index is 1.15. The van der Waals surface area contributed by atoms with Crippen LogP contribution >= 0.6 is 11.8 Å². The molecule has 0 radical (unpaired) electrons. The number of aromatic hydroxyl groups is 1. The molecular formula is C45H64N10O11S. The number of carbonyl (C=O) groups excluding carboxylic acids is 9. The molecule has 0 saturated carbocycles. The Hall–Kier alpha value is -6.42. The van der Waals surface area contributed by atoms with Gasteiger partial charge in [-0.3, -0.25) is 43.6 Å². The topological polar surface area (TPSA) is 328 Å². The van der Waals surface area contributed by atoms with E-state index in [0.29, 0.717) is 49.5 Å². The smallest absolute Gasteiger partial charge is 0.315 e. The van der Waals surface area contributed by atoms with E-state index in [9.17, 15) is 48.3 Å². The standard InChI is InChI=1S/C45H64N10O11S/c1-27(50-44(64)33(22-29-17-19-31(56)20-18-29)52-43(63)30(23-37(58)55-66)13-9-12-28-10-3-2-4-11-28)42(62)49-24-38(59)48-25-39(60)51-32(41(46)61)14-7-8-21-47-36(57)16-6-5-15-35-40-34(26-67-35)53-45(65)54-40/h2-4,10-11,17-20,27,30,32-35,40,56,66H,5-9,12-16,21-26H2,1H3,(H2,46,61)(H,47,57)(H,48,59)(H,49,62)(H,50,64)(H,51,60)(H,52,63)(H,55,58)(H2,53,54,65)/t27-,30?,32-,33-,34-,35-,40-/m0/s1. The number of hydroxylamine groups is 1. The molecule has 7 atom stereocenters. The van der Waals surface area contributed by atoms with Crippen LogP contribution in [0.5, 0.6) is 5.75 Å². The van der Waals surface area contributed by atoms with Gasteiger partial charge in [-0.15, -0.1) is 0 Å². The molecule has 2 aliphatic rings. The minimum Gasteiger partial charge on any atom is -0.508 e. The van der Waals surface area contributed by atoms with Crippen molar-refractivity contribution in [2.45, 2.75) is 119 Å². The van der Waals surface area contributed by atoms with Crippen LogP contribution in [-0.2, 0) is 51.2 Å². The van der Waals surface area contributed by atoms with Crippen LogP contribution in [0.25, 0.3) is 0 Å². The number of fused-ring (bicyclic) bond motifs is 1. The predicted molar refractivity (Wildman–Crippen MR) is 247 cm³/mol. The largest absolute Gasteiger partial charge is 0.508 e. The Morgan fingerprint density at radius 3 is 2.18 bits per heavy atom. The van der Waals surface area contributed by atoms with Crippen molar-refractivity contribution in [3.05, 3.63) is 65.7 Å². The highest BCUT2D eigenvalue weighted by Crippen LogP contribution is 2.33. The van der Waals surface area contributed by atoms with Gasteiger partial charge in [-0.1, -0.05) is 48.9 Å². The number of primary amides is 1. The van der Waals surface area contributed by atoms with Gasteiger partial charge in [-0.2, -0.15) is 11.8 Å². The van der Waals surface area contributed by atoms with Gasteiger partial charge in [-0.05, 0) is 81.5 Å². The number of urea groups is 1. The van der Waals surface area contributed by atoms with E-state index < -0.39 is 78.5 Å². The molecule has 4 rings (SSSR count). The quantitative estimate of drug-likeness (QED) is 0.0216. The van der Waals surface area contributed by atoms with Gasteiger partial charge >= 0.3 is 6.03 Å². The first kappa shape index (κ1) is 53.2. The summed E-state index contributed by atoms with van der Waals surface area (Å²) in [6.45, 7) is 0.639. The van der Waals surface area contributed by atoms with Crippen molar-refractivity contribution < 1.29 is 53.5 Å². The molecule has 2 aromatic carbocycles. The SMILES string of the molecule is C[C@H](NC(=O)[C@H](Cc1ccc(O)cc1)NC(=O)C(CCCc1ccccc1)CC(=O)NO)C(=O)NCC(=O)NCC(=O)N[C@@H](CCCCNC(=O)CCCC[C@@H]1SC[C@@H]2NC(=O)N[C@@H]21)C(N)=O. The lowest BCUT2D eigenvalue weighted by atomic mass is 9.94. The number of nitrogens with one attached hydrogen (secondary N) is 9. The van der Waals surface area contributed by atoms with E-state index in [1.165, 1.54) is 19.1 Å². The third-order valence-electron chi connectivity index (χ3n) is 11.4. The second-order valence-electron chi connectivity index (χ2n) is 16.7. The number of nitrogens with two attached hydrogens (primary N) is 1. The third-order valence-corrected chi connectivity index (χ3v) is 12.9. The van der Waals surface area contributed by atoms with Crippen LogP contribution in [0.2, 0.25) is 0 Å². The number of phenols is 1. The Labute approximate surface area is 393 Å². The van der Waals surface area contributed by atoms with E-state index in [2.05, 4.69) is 42.5 Å². The summed E-state index contributed by atoms with van der Waals surface area (Å²) in [5.41, 5.74) is 8.62. The number of amides is 10. The molecule has 2 aromatic rings. The normalized spacial score (nSPS) is 17.8. The monoisotopic (exact) mass is 952 g/mol. The molecule has 366 valence electrons. The van der Waals surface area contributed by atoms with Gasteiger partial charge in [-0.25, -0.2) is 10.3 Å². The van der Waals surface area contributed by atoms with Gasteiger partial charge in [0.25, 0.3) is 0 Å². The van der Waals surface area contributed by atoms with Gasteiger partial charge in [0, 0.05) is 42.7 Å². The minimum atomic E-state index is -1.24. The van der Waals surface area contributed by atoms with Crippen LogP contribution in [0.4, 0.5) is 4.79 Å². The summed E-state index contributed by atoms with van der Waals surface area (Å²) < 4.78 is 0. The maximum atomic E-state index is 13.6. The Morgan fingerprint density at radius 2 is 1.46 bits per heavy atom. The maximum absolute atomic E-state index is 13.6. The Bertz CT molecular complexity index is 2010. The number of benzene rings is 2. The molecule has 2 saturated heterocycles. The molecule has 10 amide bonds. The van der Waals surface area contributed by atoms with Crippen molar-refractivity contribution in [3.63, 3.8) is 0 Å². The summed E-state index contributed by atoms with van der Waals surface area (Å²) in [5.74, 6) is -5.30. The lowest BCUT2D eigenvalue weighted by Crippen LogP contribution is -2.55. The summed E-state index contributed by atoms with van der Waals surface area (Å²) in [4.78, 5) is 113. The number of carbonyl (C=O) groups is 9. The molecule has 1 unspecified atom stereocenters. The first-order valence-electron chi connectivity index (χ1n) is 22.6. The number of unbranched alkanes of at least 4 members (excludes halogenated alkanes) is 2. The van der Waals surface area contributed by atoms with E-state index in [-0.39, 0.29) is 55.5 Å². The molecule has 2 aliphatic heterocycles. The highest BCUT2D eigenvalue weighted by molar-refractivity contribution is 8.00. The van der Waals surface area contributed by atoms with Crippen LogP contribution in [-0.4, -0.2) is 124 Å². The van der Waals surface area contributed by atoms with Gasteiger partial charge in [0.1, 0.15) is 23.9 Å². The highest BCUT2D eigenvalue weighted by Gasteiger charge is 2.42. The molecule has 22 heteroatoms. The van der Waals surface area contributed by atoms with Crippen LogP contribution in [0.3, 0.4) is 0 Å². The van der Waals surface area contributed by atoms with Crippen molar-refractivity contribution >= 4 is 65.1 Å². The summed E-state index contributed by atoms with van der Waals surface area (Å²) in [5, 5.41) is 40.4. The minimum absolute atomic E-state index is 0.0191. The number of hydrogen-bond donors (Lipinski definition) is 12. The lowest BCUT2D eigenvalue weighted by molar-refractivity contribution is -0.136. The fourth-order valence-corrected chi connectivity index (χ4v) is 9.24. The van der Waals surface area contributed by atoms with Gasteiger partial charge < -0.3 is 53.4 Å². The first-order valence-corrected chi connectivity index (χ1v) is 23.6. The number of phenolic OH excluding ortho intramolecular Hbond substituents is 1. The Kier molecular flexibility index (Phi) is 22.2. The van der Waals surface area contributed by atoms with Crippen molar-refractivity contribution in [1.82, 2.24) is 48.0 Å². The Morgan fingerprint density at radius 1 is 0.731 bits per heavy atom. The van der Waals surface area contributed by atoms with Crippen molar-refractivity contribution in [2.75, 3.05) is 25.4 Å². The summed E-state index contributed by atoms with van der Waals surface area (Å²) >= 11 is 1.83. The molecule has 0 spiro atoms. The number of rotatable bonds is 29. The molecule has 21 nitrogen and oxygen atoms in total. The van der Waals surface area contributed by atoms with Crippen LogP contribution < -0.4 is 53.7 Å². The highest BCUT2D eigenvalue weighted by atomic mass is 32.2.